The van der Waals surface area contributed by atoms with Crippen LogP contribution in [-0.2, 0) is 0 Å². The summed E-state index contributed by atoms with van der Waals surface area (Å²) in [6.07, 6.45) is 0. The molecule has 2 aromatic rings. The molecule has 0 spiro atoms. The minimum Gasteiger partial charge on any atom is -0.492 e. The Morgan fingerprint density at radius 2 is 1.70 bits per heavy atom. The maximum atomic E-state index is 6.32. The van der Waals surface area contributed by atoms with Gasteiger partial charge in [-0.1, -0.05) is 68.9 Å². The van der Waals surface area contributed by atoms with Crippen LogP contribution < -0.4 is 4.74 Å². The summed E-state index contributed by atoms with van der Waals surface area (Å²) in [5, 5.41) is 1.79. The lowest BCUT2D eigenvalue weighted by Gasteiger charge is -2.16. The van der Waals surface area contributed by atoms with Crippen LogP contribution in [0.4, 0.5) is 0 Å². The normalized spacial score (nSPS) is 12.2. The van der Waals surface area contributed by atoms with Gasteiger partial charge in [-0.15, -0.1) is 0 Å². The summed E-state index contributed by atoms with van der Waals surface area (Å²) >= 11 is 22.4. The van der Waals surface area contributed by atoms with Gasteiger partial charge < -0.3 is 4.74 Å². The van der Waals surface area contributed by atoms with Gasteiger partial charge in [0.05, 0.1) is 16.5 Å². The van der Waals surface area contributed by atoms with Gasteiger partial charge in [0.15, 0.2) is 0 Å². The Hall–Kier alpha value is -0.410. The Labute approximate surface area is 141 Å². The molecule has 106 valence electrons. The highest BCUT2D eigenvalue weighted by atomic mass is 79.9. The fourth-order valence-corrected chi connectivity index (χ4v) is 3.63. The van der Waals surface area contributed by atoms with Gasteiger partial charge in [0.1, 0.15) is 5.75 Å². The van der Waals surface area contributed by atoms with Gasteiger partial charge >= 0.3 is 0 Å². The lowest BCUT2D eigenvalue weighted by molar-refractivity contribution is 0.340. The average molecular weight is 395 g/mol. The zero-order valence-corrected chi connectivity index (χ0v) is 14.5. The van der Waals surface area contributed by atoms with E-state index in [-0.39, 0.29) is 4.83 Å². The molecule has 1 nitrogen and oxygen atoms in total. The summed E-state index contributed by atoms with van der Waals surface area (Å²) in [4.78, 5) is -0.128. The molecule has 5 heteroatoms. The molecule has 0 aliphatic rings. The van der Waals surface area contributed by atoms with Crippen molar-refractivity contribution in [3.8, 4) is 5.75 Å². The van der Waals surface area contributed by atoms with Crippen molar-refractivity contribution in [1.29, 1.82) is 0 Å². The Morgan fingerprint density at radius 3 is 2.35 bits per heavy atom. The van der Waals surface area contributed by atoms with E-state index in [1.54, 1.807) is 12.1 Å². The molecule has 0 heterocycles. The van der Waals surface area contributed by atoms with Crippen molar-refractivity contribution in [2.75, 3.05) is 6.61 Å². The maximum Gasteiger partial charge on any atom is 0.139 e. The van der Waals surface area contributed by atoms with Crippen molar-refractivity contribution in [2.24, 2.45) is 0 Å². The summed E-state index contributed by atoms with van der Waals surface area (Å²) in [6.45, 7) is 2.44. The quantitative estimate of drug-likeness (QED) is 0.536. The fourth-order valence-electron chi connectivity index (χ4n) is 1.85. The standard InChI is InChI=1S/C15H12BrCl3O/c1-2-20-14-8-12(18)10(7-13(14)19)15(16)9-5-3-4-6-11(9)17/h3-8,15H,2H2,1H3. The van der Waals surface area contributed by atoms with Gasteiger partial charge in [0, 0.05) is 16.1 Å². The molecule has 1 unspecified atom stereocenters. The first-order valence-corrected chi connectivity index (χ1v) is 8.09. The number of rotatable bonds is 4. The molecular formula is C15H12BrCl3O. The minimum atomic E-state index is -0.128. The number of alkyl halides is 1. The van der Waals surface area contributed by atoms with E-state index in [0.29, 0.717) is 27.4 Å². The number of ether oxygens (including phenoxy) is 1. The lowest BCUT2D eigenvalue weighted by atomic mass is 10.0. The molecule has 0 aromatic heterocycles. The van der Waals surface area contributed by atoms with Crippen LogP contribution >= 0.6 is 50.7 Å². The van der Waals surface area contributed by atoms with E-state index < -0.39 is 0 Å². The predicted octanol–water partition coefficient (Wildman–Crippen LogP) is 6.53. The van der Waals surface area contributed by atoms with E-state index in [1.165, 1.54) is 0 Å². The maximum absolute atomic E-state index is 6.32. The molecule has 0 fully saturated rings. The molecule has 0 saturated carbocycles. The second kappa shape index (κ2) is 7.04. The molecule has 1 atom stereocenters. The van der Waals surface area contributed by atoms with Crippen molar-refractivity contribution in [3.63, 3.8) is 0 Å². The first-order valence-electron chi connectivity index (χ1n) is 6.04. The molecule has 0 radical (unpaired) electrons. The van der Waals surface area contributed by atoms with E-state index >= 15 is 0 Å². The smallest absolute Gasteiger partial charge is 0.139 e. The Bertz CT molecular complexity index is 616. The van der Waals surface area contributed by atoms with Crippen LogP contribution in [0.2, 0.25) is 15.1 Å². The molecule has 0 saturated heterocycles. The number of benzene rings is 2. The topological polar surface area (TPSA) is 9.23 Å². The van der Waals surface area contributed by atoms with Crippen LogP contribution in [0, 0.1) is 0 Å². The second-order valence-electron chi connectivity index (χ2n) is 4.12. The molecule has 0 N–H and O–H groups in total. The predicted molar refractivity (Wildman–Crippen MR) is 89.9 cm³/mol. The van der Waals surface area contributed by atoms with Crippen molar-refractivity contribution in [1.82, 2.24) is 0 Å². The third-order valence-electron chi connectivity index (χ3n) is 2.80. The van der Waals surface area contributed by atoms with Crippen LogP contribution in [-0.4, -0.2) is 6.61 Å². The first kappa shape index (κ1) is 16.0. The van der Waals surface area contributed by atoms with Gasteiger partial charge in [-0.2, -0.15) is 0 Å². The third-order valence-corrected chi connectivity index (χ3v) is 4.76. The van der Waals surface area contributed by atoms with Crippen molar-refractivity contribution in [2.45, 2.75) is 11.8 Å². The van der Waals surface area contributed by atoms with Crippen LogP contribution in [0.3, 0.4) is 0 Å². The van der Waals surface area contributed by atoms with E-state index in [2.05, 4.69) is 15.9 Å². The summed E-state index contributed by atoms with van der Waals surface area (Å²) in [5.41, 5.74) is 1.80. The van der Waals surface area contributed by atoms with Gasteiger partial charge in [-0.05, 0) is 30.2 Å². The molecule has 0 aliphatic heterocycles. The van der Waals surface area contributed by atoms with Crippen LogP contribution in [0.1, 0.15) is 22.9 Å². The average Bonchev–Trinajstić information content (AvgIpc) is 2.42. The summed E-state index contributed by atoms with van der Waals surface area (Å²) in [6, 6.07) is 11.1. The number of hydrogen-bond acceptors (Lipinski definition) is 1. The molecule has 2 aromatic carbocycles. The highest BCUT2D eigenvalue weighted by Gasteiger charge is 2.18. The molecule has 0 bridgehead atoms. The van der Waals surface area contributed by atoms with Crippen LogP contribution in [0.5, 0.6) is 5.75 Å². The number of halogens is 4. The van der Waals surface area contributed by atoms with Gasteiger partial charge in [-0.25, -0.2) is 0 Å². The van der Waals surface area contributed by atoms with Gasteiger partial charge in [-0.3, -0.25) is 0 Å². The monoisotopic (exact) mass is 392 g/mol. The Balaban J connectivity index is 2.43. The molecule has 2 rings (SSSR count). The van der Waals surface area contributed by atoms with E-state index in [9.17, 15) is 0 Å². The van der Waals surface area contributed by atoms with Crippen molar-refractivity contribution in [3.05, 3.63) is 62.6 Å². The largest absolute Gasteiger partial charge is 0.492 e. The molecule has 0 aliphatic carbocycles. The van der Waals surface area contributed by atoms with E-state index in [1.807, 2.05) is 31.2 Å². The van der Waals surface area contributed by atoms with E-state index in [0.717, 1.165) is 11.1 Å². The first-order chi connectivity index (χ1) is 9.54. The van der Waals surface area contributed by atoms with Crippen LogP contribution in [0.25, 0.3) is 0 Å². The summed E-state index contributed by atoms with van der Waals surface area (Å²) in [7, 11) is 0. The van der Waals surface area contributed by atoms with E-state index in [4.69, 9.17) is 39.5 Å². The number of hydrogen-bond donors (Lipinski definition) is 0. The molecule has 20 heavy (non-hydrogen) atoms. The van der Waals surface area contributed by atoms with Crippen molar-refractivity contribution < 1.29 is 4.74 Å². The zero-order valence-electron chi connectivity index (χ0n) is 10.7. The summed E-state index contributed by atoms with van der Waals surface area (Å²) in [5.74, 6) is 0.585. The van der Waals surface area contributed by atoms with Crippen LogP contribution in [0.15, 0.2) is 36.4 Å². The second-order valence-corrected chi connectivity index (χ2v) is 6.26. The Morgan fingerprint density at radius 1 is 1.00 bits per heavy atom. The minimum absolute atomic E-state index is 0.128. The zero-order chi connectivity index (χ0) is 14.7. The SMILES string of the molecule is CCOc1cc(Cl)c(C(Br)c2ccccc2Cl)cc1Cl. The summed E-state index contributed by atoms with van der Waals surface area (Å²) < 4.78 is 5.42. The van der Waals surface area contributed by atoms with Gasteiger partial charge in [0.2, 0.25) is 0 Å². The molecular weight excluding hydrogens is 382 g/mol. The lowest BCUT2D eigenvalue weighted by Crippen LogP contribution is -1.98. The Kier molecular flexibility index (Phi) is 5.62. The highest BCUT2D eigenvalue weighted by Crippen LogP contribution is 2.42. The third kappa shape index (κ3) is 3.43. The molecule has 0 amide bonds. The van der Waals surface area contributed by atoms with Crippen molar-refractivity contribution >= 4 is 50.7 Å². The highest BCUT2D eigenvalue weighted by molar-refractivity contribution is 9.09. The fraction of sp³-hybridized carbons (Fsp3) is 0.200. The van der Waals surface area contributed by atoms with Gasteiger partial charge in [0.25, 0.3) is 0 Å².